The van der Waals surface area contributed by atoms with Crippen LogP contribution < -0.4 is 0 Å². The van der Waals surface area contributed by atoms with Gasteiger partial charge in [-0.1, -0.05) is 11.6 Å². The zero-order valence-electron chi connectivity index (χ0n) is 11.8. The van der Waals surface area contributed by atoms with Crippen molar-refractivity contribution in [1.29, 1.82) is 0 Å². The van der Waals surface area contributed by atoms with Crippen LogP contribution >= 0.6 is 11.6 Å². The molecule has 110 valence electrons. The highest BCUT2D eigenvalue weighted by atomic mass is 35.5. The Morgan fingerprint density at radius 1 is 1.50 bits per heavy atom. The minimum Gasteiger partial charge on any atom is -0.383 e. The molecular weight excluding hydrogens is 281 g/mol. The molecule has 5 heteroatoms. The third-order valence-electron chi connectivity index (χ3n) is 3.70. The van der Waals surface area contributed by atoms with Crippen molar-refractivity contribution in [1.82, 2.24) is 4.90 Å². The van der Waals surface area contributed by atoms with Crippen LogP contribution in [0.1, 0.15) is 17.5 Å². The van der Waals surface area contributed by atoms with Crippen molar-refractivity contribution >= 4 is 17.5 Å². The quantitative estimate of drug-likeness (QED) is 0.837. The second kappa shape index (κ2) is 6.55. The molecule has 0 spiro atoms. The molecule has 1 fully saturated rings. The molecule has 0 saturated carbocycles. The standard InChI is InChI=1S/C15H19ClFNO2/c1-10-5-13(16)12(8-14(10)17)6-11-7-15(19)18(9-11)3-4-20-2/h5,8,11H,3-4,6-7,9H2,1-2H3/t11-/m0/s1. The fourth-order valence-corrected chi connectivity index (χ4v) is 2.86. The summed E-state index contributed by atoms with van der Waals surface area (Å²) in [5.74, 6) is 0.0830. The molecule has 1 aliphatic heterocycles. The number of likely N-dealkylation sites (tertiary alicyclic amines) is 1. The Labute approximate surface area is 123 Å². The molecule has 1 atom stereocenters. The van der Waals surface area contributed by atoms with Gasteiger partial charge >= 0.3 is 0 Å². The lowest BCUT2D eigenvalue weighted by Crippen LogP contribution is -2.28. The van der Waals surface area contributed by atoms with Gasteiger partial charge in [-0.15, -0.1) is 0 Å². The van der Waals surface area contributed by atoms with Gasteiger partial charge in [0.05, 0.1) is 6.61 Å². The maximum Gasteiger partial charge on any atom is 0.223 e. The molecule has 0 bridgehead atoms. The lowest BCUT2D eigenvalue weighted by Gasteiger charge is -2.16. The third-order valence-corrected chi connectivity index (χ3v) is 4.05. The van der Waals surface area contributed by atoms with Gasteiger partial charge in [0.15, 0.2) is 0 Å². The molecule has 0 unspecified atom stereocenters. The number of carbonyl (C=O) groups is 1. The molecule has 0 aliphatic carbocycles. The Morgan fingerprint density at radius 2 is 2.25 bits per heavy atom. The lowest BCUT2D eigenvalue weighted by molar-refractivity contribution is -0.128. The van der Waals surface area contributed by atoms with E-state index in [4.69, 9.17) is 16.3 Å². The summed E-state index contributed by atoms with van der Waals surface area (Å²) >= 11 is 6.15. The molecule has 1 heterocycles. The van der Waals surface area contributed by atoms with Gasteiger partial charge in [-0.05, 0) is 42.5 Å². The maximum absolute atomic E-state index is 13.6. The van der Waals surface area contributed by atoms with Gasteiger partial charge in [0.25, 0.3) is 0 Å². The smallest absolute Gasteiger partial charge is 0.223 e. The Morgan fingerprint density at radius 3 is 2.95 bits per heavy atom. The first-order chi connectivity index (χ1) is 9.51. The summed E-state index contributed by atoms with van der Waals surface area (Å²) in [6.07, 6.45) is 1.13. The summed E-state index contributed by atoms with van der Waals surface area (Å²) in [4.78, 5) is 13.6. The van der Waals surface area contributed by atoms with Gasteiger partial charge in [-0.3, -0.25) is 4.79 Å². The SMILES string of the molecule is COCCN1C[C@@H](Cc2cc(F)c(C)cc2Cl)CC1=O. The van der Waals surface area contributed by atoms with Crippen molar-refractivity contribution in [2.45, 2.75) is 19.8 Å². The molecule has 0 aromatic heterocycles. The van der Waals surface area contributed by atoms with Crippen LogP contribution in [0.2, 0.25) is 5.02 Å². The minimum absolute atomic E-state index is 0.135. The highest BCUT2D eigenvalue weighted by Crippen LogP contribution is 2.27. The van der Waals surface area contributed by atoms with E-state index in [1.54, 1.807) is 25.0 Å². The topological polar surface area (TPSA) is 29.5 Å². The monoisotopic (exact) mass is 299 g/mol. The van der Waals surface area contributed by atoms with Gasteiger partial charge in [0.2, 0.25) is 5.91 Å². The molecule has 3 nitrogen and oxygen atoms in total. The molecule has 0 N–H and O–H groups in total. The van der Waals surface area contributed by atoms with Crippen LogP contribution in [0.3, 0.4) is 0 Å². The normalized spacial score (nSPS) is 18.9. The molecule has 0 radical (unpaired) electrons. The maximum atomic E-state index is 13.6. The van der Waals surface area contributed by atoms with Crippen LogP contribution in [-0.2, 0) is 16.0 Å². The van der Waals surface area contributed by atoms with Crippen molar-refractivity contribution in [2.75, 3.05) is 26.8 Å². The molecule has 1 aromatic carbocycles. The highest BCUT2D eigenvalue weighted by molar-refractivity contribution is 6.31. The van der Waals surface area contributed by atoms with Crippen molar-refractivity contribution in [2.24, 2.45) is 5.92 Å². The van der Waals surface area contributed by atoms with E-state index in [0.717, 1.165) is 5.56 Å². The zero-order valence-corrected chi connectivity index (χ0v) is 12.5. The fraction of sp³-hybridized carbons (Fsp3) is 0.533. The van der Waals surface area contributed by atoms with Crippen LogP contribution in [0, 0.1) is 18.7 Å². The van der Waals surface area contributed by atoms with Crippen LogP contribution in [0.5, 0.6) is 0 Å². The predicted octanol–water partition coefficient (Wildman–Crippen LogP) is 2.82. The van der Waals surface area contributed by atoms with E-state index in [1.807, 2.05) is 0 Å². The first-order valence-corrected chi connectivity index (χ1v) is 7.10. The Balaban J connectivity index is 2.01. The number of ether oxygens (including phenoxy) is 1. The third kappa shape index (κ3) is 3.49. The summed E-state index contributed by atoms with van der Waals surface area (Å²) < 4.78 is 18.6. The molecule has 1 amide bonds. The Hall–Kier alpha value is -1.13. The van der Waals surface area contributed by atoms with Crippen LogP contribution in [0.15, 0.2) is 12.1 Å². The summed E-state index contributed by atoms with van der Waals surface area (Å²) in [6.45, 7) is 3.53. The van der Waals surface area contributed by atoms with Gasteiger partial charge in [-0.2, -0.15) is 0 Å². The summed E-state index contributed by atoms with van der Waals surface area (Å²) in [6, 6.07) is 3.13. The van der Waals surface area contributed by atoms with Crippen molar-refractivity contribution in [3.8, 4) is 0 Å². The number of rotatable bonds is 5. The Kier molecular flexibility index (Phi) is 5.00. The molecule has 1 aliphatic rings. The van der Waals surface area contributed by atoms with E-state index < -0.39 is 0 Å². The van der Waals surface area contributed by atoms with Gasteiger partial charge in [0.1, 0.15) is 5.82 Å². The van der Waals surface area contributed by atoms with E-state index in [2.05, 4.69) is 0 Å². The number of hydrogen-bond acceptors (Lipinski definition) is 2. The average Bonchev–Trinajstić information content (AvgIpc) is 2.74. The largest absolute Gasteiger partial charge is 0.383 e. The van der Waals surface area contributed by atoms with E-state index >= 15 is 0 Å². The van der Waals surface area contributed by atoms with Gasteiger partial charge < -0.3 is 9.64 Å². The van der Waals surface area contributed by atoms with Crippen molar-refractivity contribution in [3.63, 3.8) is 0 Å². The number of methoxy groups -OCH3 is 1. The molecule has 1 saturated heterocycles. The number of halogens is 2. The number of nitrogens with zero attached hydrogens (tertiary/aromatic N) is 1. The number of carbonyl (C=O) groups excluding carboxylic acids is 1. The molecule has 20 heavy (non-hydrogen) atoms. The second-order valence-electron chi connectivity index (χ2n) is 5.30. The van der Waals surface area contributed by atoms with Crippen LogP contribution in [0.4, 0.5) is 4.39 Å². The average molecular weight is 300 g/mol. The number of hydrogen-bond donors (Lipinski definition) is 0. The summed E-state index contributed by atoms with van der Waals surface area (Å²) in [5.41, 5.74) is 1.32. The van der Waals surface area contributed by atoms with E-state index in [9.17, 15) is 9.18 Å². The zero-order chi connectivity index (χ0) is 14.7. The van der Waals surface area contributed by atoms with Crippen molar-refractivity contribution in [3.05, 3.63) is 34.1 Å². The van der Waals surface area contributed by atoms with E-state index in [-0.39, 0.29) is 17.6 Å². The highest BCUT2D eigenvalue weighted by Gasteiger charge is 2.29. The Bertz CT molecular complexity index is 507. The van der Waals surface area contributed by atoms with Crippen LogP contribution in [0.25, 0.3) is 0 Å². The fourth-order valence-electron chi connectivity index (χ4n) is 2.56. The first-order valence-electron chi connectivity index (χ1n) is 6.72. The predicted molar refractivity (Wildman–Crippen MR) is 76.4 cm³/mol. The number of aryl methyl sites for hydroxylation is 1. The summed E-state index contributed by atoms with van der Waals surface area (Å²) in [7, 11) is 1.62. The molecular formula is C15H19ClFNO2. The molecule has 2 rings (SSSR count). The first kappa shape index (κ1) is 15.3. The summed E-state index contributed by atoms with van der Waals surface area (Å²) in [5, 5.41) is 0.576. The second-order valence-corrected chi connectivity index (χ2v) is 5.71. The molecule has 1 aromatic rings. The van der Waals surface area contributed by atoms with E-state index in [0.29, 0.717) is 43.1 Å². The van der Waals surface area contributed by atoms with Gasteiger partial charge in [0, 0.05) is 31.6 Å². The lowest BCUT2D eigenvalue weighted by atomic mass is 9.97. The van der Waals surface area contributed by atoms with Crippen LogP contribution in [-0.4, -0.2) is 37.6 Å². The van der Waals surface area contributed by atoms with Gasteiger partial charge in [-0.25, -0.2) is 4.39 Å². The number of benzene rings is 1. The minimum atomic E-state index is -0.245. The van der Waals surface area contributed by atoms with Crippen molar-refractivity contribution < 1.29 is 13.9 Å². The number of amides is 1. The van der Waals surface area contributed by atoms with E-state index in [1.165, 1.54) is 6.07 Å².